The zero-order chi connectivity index (χ0) is 6.69. The summed E-state index contributed by atoms with van der Waals surface area (Å²) < 4.78 is 0. The number of hydrogen-bond acceptors (Lipinski definition) is 2. The van der Waals surface area contributed by atoms with Gasteiger partial charge in [0.05, 0.1) is 6.10 Å². The Hall–Kier alpha value is -0.340. The van der Waals surface area contributed by atoms with E-state index in [1.165, 1.54) is 5.56 Å². The quantitative estimate of drug-likeness (QED) is 0.666. The highest BCUT2D eigenvalue weighted by molar-refractivity contribution is 7.07. The number of thiophene rings is 1. The molecule has 0 saturated heterocycles. The molecular formula is C7H10OS. The summed E-state index contributed by atoms with van der Waals surface area (Å²) in [6.45, 7) is 1.80. The lowest BCUT2D eigenvalue weighted by molar-refractivity contribution is 0.195. The van der Waals surface area contributed by atoms with Gasteiger partial charge in [0.25, 0.3) is 0 Å². The van der Waals surface area contributed by atoms with Crippen molar-refractivity contribution in [3.63, 3.8) is 0 Å². The van der Waals surface area contributed by atoms with Crippen LogP contribution < -0.4 is 0 Å². The second kappa shape index (κ2) is 2.99. The molecule has 0 aromatic carbocycles. The summed E-state index contributed by atoms with van der Waals surface area (Å²) >= 11 is 1.67. The van der Waals surface area contributed by atoms with Gasteiger partial charge in [-0.2, -0.15) is 11.3 Å². The molecule has 1 N–H and O–H groups in total. The molecule has 1 atom stereocenters. The summed E-state index contributed by atoms with van der Waals surface area (Å²) in [6, 6.07) is 2.04. The van der Waals surface area contributed by atoms with E-state index in [9.17, 15) is 0 Å². The lowest BCUT2D eigenvalue weighted by atomic mass is 10.2. The molecular weight excluding hydrogens is 132 g/mol. The Morgan fingerprint density at radius 2 is 2.56 bits per heavy atom. The van der Waals surface area contributed by atoms with E-state index in [1.807, 2.05) is 11.4 Å². The molecule has 0 spiro atoms. The normalized spacial score (nSPS) is 13.6. The molecule has 0 saturated carbocycles. The maximum Gasteiger partial charge on any atom is 0.0552 e. The van der Waals surface area contributed by atoms with Gasteiger partial charge in [-0.3, -0.25) is 0 Å². The first-order valence-electron chi connectivity index (χ1n) is 2.98. The second-order valence-corrected chi connectivity index (χ2v) is 2.96. The van der Waals surface area contributed by atoms with E-state index in [2.05, 4.69) is 5.38 Å². The summed E-state index contributed by atoms with van der Waals surface area (Å²) in [4.78, 5) is 0. The number of aliphatic hydroxyl groups excluding tert-OH is 1. The molecule has 9 heavy (non-hydrogen) atoms. The van der Waals surface area contributed by atoms with Gasteiger partial charge >= 0.3 is 0 Å². The Morgan fingerprint density at radius 1 is 1.78 bits per heavy atom. The molecule has 1 aromatic rings. The van der Waals surface area contributed by atoms with Gasteiger partial charge < -0.3 is 5.11 Å². The topological polar surface area (TPSA) is 20.2 Å². The number of hydrogen-bond donors (Lipinski definition) is 1. The van der Waals surface area contributed by atoms with Crippen molar-refractivity contribution < 1.29 is 5.11 Å². The average Bonchev–Trinajstić information content (AvgIpc) is 2.15. The van der Waals surface area contributed by atoms with Crippen molar-refractivity contribution in [2.75, 3.05) is 0 Å². The van der Waals surface area contributed by atoms with Crippen LogP contribution in [0.1, 0.15) is 12.5 Å². The van der Waals surface area contributed by atoms with Gasteiger partial charge in [0.1, 0.15) is 0 Å². The SMILES string of the molecule is CC(O)Cc1ccsc1. The van der Waals surface area contributed by atoms with Crippen LogP contribution in [0.3, 0.4) is 0 Å². The van der Waals surface area contributed by atoms with Crippen LogP contribution in [0.25, 0.3) is 0 Å². The van der Waals surface area contributed by atoms with Crippen LogP contribution in [0.15, 0.2) is 16.8 Å². The van der Waals surface area contributed by atoms with Crippen molar-refractivity contribution in [1.82, 2.24) is 0 Å². The van der Waals surface area contributed by atoms with Crippen LogP contribution >= 0.6 is 11.3 Å². The Bertz CT molecular complexity index is 155. The fraction of sp³-hybridized carbons (Fsp3) is 0.429. The maximum absolute atomic E-state index is 8.93. The van der Waals surface area contributed by atoms with E-state index >= 15 is 0 Å². The Labute approximate surface area is 59.0 Å². The number of aliphatic hydroxyl groups is 1. The monoisotopic (exact) mass is 142 g/mol. The smallest absolute Gasteiger partial charge is 0.0552 e. The molecule has 0 aliphatic rings. The minimum Gasteiger partial charge on any atom is -0.393 e. The van der Waals surface area contributed by atoms with Gasteiger partial charge in [-0.15, -0.1) is 0 Å². The third-order valence-corrected chi connectivity index (χ3v) is 1.84. The molecule has 0 aliphatic heterocycles. The highest BCUT2D eigenvalue weighted by Gasteiger charge is 1.96. The standard InChI is InChI=1S/C7H10OS/c1-6(8)4-7-2-3-9-5-7/h2-3,5-6,8H,4H2,1H3. The van der Waals surface area contributed by atoms with Gasteiger partial charge in [0.2, 0.25) is 0 Å². The van der Waals surface area contributed by atoms with E-state index < -0.39 is 0 Å². The summed E-state index contributed by atoms with van der Waals surface area (Å²) in [6.07, 6.45) is 0.573. The average molecular weight is 142 g/mol. The molecule has 1 unspecified atom stereocenters. The van der Waals surface area contributed by atoms with Crippen LogP contribution in [0, 0.1) is 0 Å². The van der Waals surface area contributed by atoms with Gasteiger partial charge in [-0.25, -0.2) is 0 Å². The molecule has 1 aromatic heterocycles. The molecule has 1 nitrogen and oxygen atoms in total. The lowest BCUT2D eigenvalue weighted by Crippen LogP contribution is -2.02. The Morgan fingerprint density at radius 3 is 3.00 bits per heavy atom. The lowest BCUT2D eigenvalue weighted by Gasteiger charge is -1.98. The molecule has 0 amide bonds. The predicted molar refractivity (Wildman–Crippen MR) is 39.7 cm³/mol. The van der Waals surface area contributed by atoms with Crippen molar-refractivity contribution in [2.24, 2.45) is 0 Å². The zero-order valence-corrected chi connectivity index (χ0v) is 6.19. The predicted octanol–water partition coefficient (Wildman–Crippen LogP) is 1.67. The van der Waals surface area contributed by atoms with E-state index in [0.717, 1.165) is 6.42 Å². The third kappa shape index (κ3) is 2.16. The van der Waals surface area contributed by atoms with Gasteiger partial charge in [-0.05, 0) is 35.7 Å². The molecule has 2 heteroatoms. The summed E-state index contributed by atoms with van der Waals surface area (Å²) in [7, 11) is 0. The highest BCUT2D eigenvalue weighted by Crippen LogP contribution is 2.07. The maximum atomic E-state index is 8.93. The van der Waals surface area contributed by atoms with Crippen LogP contribution in [-0.2, 0) is 6.42 Å². The van der Waals surface area contributed by atoms with Crippen molar-refractivity contribution in [3.05, 3.63) is 22.4 Å². The van der Waals surface area contributed by atoms with Crippen LogP contribution in [0.4, 0.5) is 0 Å². The number of rotatable bonds is 2. The van der Waals surface area contributed by atoms with Crippen LogP contribution in [0.2, 0.25) is 0 Å². The molecule has 1 heterocycles. The Balaban J connectivity index is 2.48. The van der Waals surface area contributed by atoms with Crippen LogP contribution in [0.5, 0.6) is 0 Å². The van der Waals surface area contributed by atoms with Gasteiger partial charge in [0, 0.05) is 0 Å². The fourth-order valence-corrected chi connectivity index (χ4v) is 1.43. The first-order chi connectivity index (χ1) is 4.29. The van der Waals surface area contributed by atoms with Crippen molar-refractivity contribution in [1.29, 1.82) is 0 Å². The fourth-order valence-electron chi connectivity index (χ4n) is 0.750. The van der Waals surface area contributed by atoms with E-state index in [1.54, 1.807) is 18.3 Å². The van der Waals surface area contributed by atoms with Crippen molar-refractivity contribution in [2.45, 2.75) is 19.4 Å². The van der Waals surface area contributed by atoms with Crippen molar-refractivity contribution in [3.8, 4) is 0 Å². The zero-order valence-electron chi connectivity index (χ0n) is 5.37. The molecule has 0 aliphatic carbocycles. The first kappa shape index (κ1) is 6.78. The Kier molecular flexibility index (Phi) is 2.25. The minimum atomic E-state index is -0.209. The summed E-state index contributed by atoms with van der Waals surface area (Å²) in [5.41, 5.74) is 1.23. The van der Waals surface area contributed by atoms with Gasteiger partial charge in [-0.1, -0.05) is 0 Å². The largest absolute Gasteiger partial charge is 0.393 e. The molecule has 0 bridgehead atoms. The van der Waals surface area contributed by atoms with Crippen molar-refractivity contribution >= 4 is 11.3 Å². The molecule has 1 rings (SSSR count). The molecule has 0 fully saturated rings. The second-order valence-electron chi connectivity index (χ2n) is 2.18. The van der Waals surface area contributed by atoms with E-state index in [-0.39, 0.29) is 6.10 Å². The van der Waals surface area contributed by atoms with E-state index in [0.29, 0.717) is 0 Å². The summed E-state index contributed by atoms with van der Waals surface area (Å²) in [5, 5.41) is 13.0. The molecule has 50 valence electrons. The third-order valence-electron chi connectivity index (χ3n) is 1.11. The van der Waals surface area contributed by atoms with Crippen LogP contribution in [-0.4, -0.2) is 11.2 Å². The first-order valence-corrected chi connectivity index (χ1v) is 3.92. The van der Waals surface area contributed by atoms with E-state index in [4.69, 9.17) is 5.11 Å². The molecule has 0 radical (unpaired) electrons. The highest BCUT2D eigenvalue weighted by atomic mass is 32.1. The van der Waals surface area contributed by atoms with Gasteiger partial charge in [0.15, 0.2) is 0 Å². The minimum absolute atomic E-state index is 0.209. The summed E-state index contributed by atoms with van der Waals surface area (Å²) in [5.74, 6) is 0.